The summed E-state index contributed by atoms with van der Waals surface area (Å²) in [5.74, 6) is 1.37. The Bertz CT molecular complexity index is 525. The highest BCUT2D eigenvalue weighted by Gasteiger charge is 2.26. The number of nitrogens with zero attached hydrogens (tertiary/aromatic N) is 5. The van der Waals surface area contributed by atoms with Crippen LogP contribution in [0.3, 0.4) is 0 Å². The summed E-state index contributed by atoms with van der Waals surface area (Å²) >= 11 is 6.24. The molecule has 2 atom stereocenters. The van der Waals surface area contributed by atoms with E-state index in [0.717, 1.165) is 31.0 Å². The second-order valence-corrected chi connectivity index (χ2v) is 5.10. The maximum Gasteiger partial charge on any atom is 0.203 e. The highest BCUT2D eigenvalue weighted by atomic mass is 35.5. The van der Waals surface area contributed by atoms with E-state index in [0.29, 0.717) is 5.92 Å². The summed E-state index contributed by atoms with van der Waals surface area (Å²) in [6.07, 6.45) is 6.32. The average Bonchev–Trinajstić information content (AvgIpc) is 2.80. The molecular formula is C11H14ClN5. The molecule has 0 saturated carbocycles. The second kappa shape index (κ2) is 4.14. The Balaban J connectivity index is 1.96. The van der Waals surface area contributed by atoms with Gasteiger partial charge in [0.2, 0.25) is 5.65 Å². The number of piperidine rings is 1. The first-order valence-electron chi connectivity index (χ1n) is 5.79. The minimum absolute atomic E-state index is 0.267. The Labute approximate surface area is 104 Å². The van der Waals surface area contributed by atoms with E-state index in [4.69, 9.17) is 11.6 Å². The zero-order chi connectivity index (χ0) is 11.8. The van der Waals surface area contributed by atoms with Gasteiger partial charge in [0.1, 0.15) is 6.33 Å². The third kappa shape index (κ3) is 1.84. The van der Waals surface area contributed by atoms with Crippen LogP contribution in [0.1, 0.15) is 13.3 Å². The smallest absolute Gasteiger partial charge is 0.203 e. The van der Waals surface area contributed by atoms with Crippen LogP contribution in [0.15, 0.2) is 18.7 Å². The first-order valence-corrected chi connectivity index (χ1v) is 6.22. The number of hydrogen-bond donors (Lipinski definition) is 0. The molecule has 2 aromatic heterocycles. The summed E-state index contributed by atoms with van der Waals surface area (Å²) in [5, 5.41) is 8.29. The molecule has 0 N–H and O–H groups in total. The molecule has 0 spiro atoms. The number of hydrogen-bond acceptors (Lipinski definition) is 4. The van der Waals surface area contributed by atoms with Crippen molar-refractivity contribution in [3.63, 3.8) is 0 Å². The van der Waals surface area contributed by atoms with Gasteiger partial charge in [-0.25, -0.2) is 4.98 Å². The van der Waals surface area contributed by atoms with Gasteiger partial charge < -0.3 is 4.90 Å². The van der Waals surface area contributed by atoms with Crippen molar-refractivity contribution in [2.24, 2.45) is 5.92 Å². The average molecular weight is 252 g/mol. The molecule has 0 radical (unpaired) electrons. The molecule has 1 aliphatic heterocycles. The second-order valence-electron chi connectivity index (χ2n) is 4.54. The zero-order valence-corrected chi connectivity index (χ0v) is 10.4. The van der Waals surface area contributed by atoms with Gasteiger partial charge in [-0.1, -0.05) is 6.92 Å². The first-order chi connectivity index (χ1) is 8.25. The summed E-state index contributed by atoms with van der Waals surface area (Å²) in [6, 6.07) is 0. The molecule has 6 heteroatoms. The van der Waals surface area contributed by atoms with Crippen LogP contribution in [0.4, 0.5) is 5.82 Å². The fraction of sp³-hybridized carbons (Fsp3) is 0.545. The van der Waals surface area contributed by atoms with Crippen molar-refractivity contribution < 1.29 is 0 Å². The monoisotopic (exact) mass is 251 g/mol. The molecule has 1 aliphatic rings. The van der Waals surface area contributed by atoms with E-state index in [-0.39, 0.29) is 5.38 Å². The van der Waals surface area contributed by atoms with Crippen LogP contribution in [-0.4, -0.2) is 38.0 Å². The van der Waals surface area contributed by atoms with E-state index in [1.807, 2.05) is 10.6 Å². The Morgan fingerprint density at radius 2 is 2.35 bits per heavy atom. The van der Waals surface area contributed by atoms with Gasteiger partial charge in [-0.2, -0.15) is 0 Å². The molecule has 0 aliphatic carbocycles. The van der Waals surface area contributed by atoms with Gasteiger partial charge in [-0.15, -0.1) is 21.8 Å². The van der Waals surface area contributed by atoms with Crippen LogP contribution in [0, 0.1) is 5.92 Å². The lowest BCUT2D eigenvalue weighted by Gasteiger charge is -2.34. The molecular weight excluding hydrogens is 238 g/mol. The maximum atomic E-state index is 6.24. The minimum atomic E-state index is 0.267. The van der Waals surface area contributed by atoms with E-state index in [9.17, 15) is 0 Å². The van der Waals surface area contributed by atoms with Crippen LogP contribution in [0.25, 0.3) is 5.65 Å². The third-order valence-electron chi connectivity index (χ3n) is 3.30. The molecule has 2 unspecified atom stereocenters. The highest BCUT2D eigenvalue weighted by molar-refractivity contribution is 6.20. The molecule has 90 valence electrons. The van der Waals surface area contributed by atoms with Gasteiger partial charge in [-0.3, -0.25) is 4.40 Å². The summed E-state index contributed by atoms with van der Waals surface area (Å²) < 4.78 is 1.89. The number of halogens is 1. The van der Waals surface area contributed by atoms with E-state index in [2.05, 4.69) is 27.0 Å². The Morgan fingerprint density at radius 3 is 3.18 bits per heavy atom. The zero-order valence-electron chi connectivity index (χ0n) is 9.62. The normalized spacial score (nSPS) is 25.4. The number of rotatable bonds is 1. The molecule has 5 nitrogen and oxygen atoms in total. The van der Waals surface area contributed by atoms with Gasteiger partial charge >= 0.3 is 0 Å². The maximum absolute atomic E-state index is 6.24. The van der Waals surface area contributed by atoms with E-state index in [1.165, 1.54) is 0 Å². The third-order valence-corrected chi connectivity index (χ3v) is 3.95. The number of alkyl halides is 1. The largest absolute Gasteiger partial charge is 0.353 e. The van der Waals surface area contributed by atoms with E-state index in [1.54, 1.807) is 12.5 Å². The Morgan fingerprint density at radius 1 is 1.47 bits per heavy atom. The summed E-state index contributed by atoms with van der Waals surface area (Å²) in [7, 11) is 0. The van der Waals surface area contributed by atoms with Gasteiger partial charge in [0.25, 0.3) is 0 Å². The molecule has 0 amide bonds. The standard InChI is InChI=1S/C11H14ClN5/c1-8-6-16(4-2-9(8)12)10-11-15-14-7-17(11)5-3-13-10/h3,5,7-9H,2,4,6H2,1H3. The van der Waals surface area contributed by atoms with Crippen molar-refractivity contribution in [2.75, 3.05) is 18.0 Å². The minimum Gasteiger partial charge on any atom is -0.353 e. The predicted molar refractivity (Wildman–Crippen MR) is 66.4 cm³/mol. The SMILES string of the molecule is CC1CN(c2nccn3cnnc23)CCC1Cl. The molecule has 2 aromatic rings. The lowest BCUT2D eigenvalue weighted by atomic mass is 10.00. The number of fused-ring (bicyclic) bond motifs is 1. The van der Waals surface area contributed by atoms with E-state index >= 15 is 0 Å². The highest BCUT2D eigenvalue weighted by Crippen LogP contribution is 2.26. The molecule has 3 rings (SSSR count). The Hall–Kier alpha value is -1.36. The van der Waals surface area contributed by atoms with Crippen LogP contribution in [0.2, 0.25) is 0 Å². The van der Waals surface area contributed by atoms with Gasteiger partial charge in [0, 0.05) is 30.9 Å². The van der Waals surface area contributed by atoms with Crippen molar-refractivity contribution in [1.29, 1.82) is 0 Å². The molecule has 3 heterocycles. The molecule has 0 bridgehead atoms. The molecule has 1 saturated heterocycles. The lowest BCUT2D eigenvalue weighted by molar-refractivity contribution is 0.452. The number of anilines is 1. The van der Waals surface area contributed by atoms with Crippen molar-refractivity contribution in [3.8, 4) is 0 Å². The van der Waals surface area contributed by atoms with Crippen molar-refractivity contribution in [2.45, 2.75) is 18.7 Å². The van der Waals surface area contributed by atoms with Crippen LogP contribution in [-0.2, 0) is 0 Å². The van der Waals surface area contributed by atoms with Crippen molar-refractivity contribution >= 4 is 23.1 Å². The molecule has 17 heavy (non-hydrogen) atoms. The summed E-state index contributed by atoms with van der Waals surface area (Å²) in [5.41, 5.74) is 0.813. The predicted octanol–water partition coefficient (Wildman–Crippen LogP) is 1.58. The van der Waals surface area contributed by atoms with Gasteiger partial charge in [0.05, 0.1) is 0 Å². The Kier molecular flexibility index (Phi) is 2.63. The van der Waals surface area contributed by atoms with Gasteiger partial charge in [0.15, 0.2) is 5.82 Å². The van der Waals surface area contributed by atoms with Crippen LogP contribution < -0.4 is 4.90 Å². The van der Waals surface area contributed by atoms with E-state index < -0.39 is 0 Å². The van der Waals surface area contributed by atoms with Crippen LogP contribution >= 0.6 is 11.6 Å². The fourth-order valence-corrected chi connectivity index (χ4v) is 2.45. The molecule has 0 aromatic carbocycles. The fourth-order valence-electron chi connectivity index (χ4n) is 2.28. The number of aromatic nitrogens is 4. The lowest BCUT2D eigenvalue weighted by Crippen LogP contribution is -2.40. The first kappa shape index (κ1) is 10.8. The quantitative estimate of drug-likeness (QED) is 0.722. The van der Waals surface area contributed by atoms with Gasteiger partial charge in [-0.05, 0) is 12.3 Å². The van der Waals surface area contributed by atoms with Crippen LogP contribution in [0.5, 0.6) is 0 Å². The van der Waals surface area contributed by atoms with Crippen molar-refractivity contribution in [3.05, 3.63) is 18.7 Å². The summed E-state index contributed by atoms with van der Waals surface area (Å²) in [6.45, 7) is 4.03. The van der Waals surface area contributed by atoms with Crippen molar-refractivity contribution in [1.82, 2.24) is 19.6 Å². The summed E-state index contributed by atoms with van der Waals surface area (Å²) in [4.78, 5) is 6.67. The molecule has 1 fully saturated rings. The topological polar surface area (TPSA) is 46.3 Å².